The second-order valence-electron chi connectivity index (χ2n) is 6.11. The Kier molecular flexibility index (Phi) is 4.49. The highest BCUT2D eigenvalue weighted by atomic mass is 32.1. The Labute approximate surface area is 134 Å². The number of hydrogen-bond acceptors (Lipinski definition) is 5. The van der Waals surface area contributed by atoms with Crippen molar-refractivity contribution in [1.29, 1.82) is 0 Å². The first-order chi connectivity index (χ1) is 10.6. The number of amides is 1. The fraction of sp³-hybridized carbons (Fsp3) is 0.625. The fourth-order valence-corrected chi connectivity index (χ4v) is 4.43. The molecule has 22 heavy (non-hydrogen) atoms. The largest absolute Gasteiger partial charge is 0.467 e. The molecule has 0 bridgehead atoms. The number of piperidine rings is 1. The Hall–Kier alpha value is -1.40. The van der Waals surface area contributed by atoms with Crippen LogP contribution in [0.15, 0.2) is 11.4 Å². The second kappa shape index (κ2) is 6.38. The number of esters is 1. The van der Waals surface area contributed by atoms with Crippen LogP contribution in [0.25, 0.3) is 0 Å². The lowest BCUT2D eigenvalue weighted by molar-refractivity contribution is -0.156. The van der Waals surface area contributed by atoms with Crippen LogP contribution in [0, 0.1) is 5.92 Å². The molecular formula is C16H22N2O3S. The summed E-state index contributed by atoms with van der Waals surface area (Å²) >= 11 is 1.65. The molecule has 1 saturated heterocycles. The van der Waals surface area contributed by atoms with Crippen LogP contribution in [0.1, 0.15) is 29.3 Å². The van der Waals surface area contributed by atoms with Crippen molar-refractivity contribution in [2.75, 3.05) is 33.8 Å². The van der Waals surface area contributed by atoms with Crippen LogP contribution in [0.2, 0.25) is 0 Å². The summed E-state index contributed by atoms with van der Waals surface area (Å²) in [5.41, 5.74) is 0.945. The molecule has 1 fully saturated rings. The van der Waals surface area contributed by atoms with Crippen LogP contribution >= 0.6 is 11.3 Å². The van der Waals surface area contributed by atoms with E-state index < -0.39 is 6.04 Å². The Morgan fingerprint density at radius 2 is 2.18 bits per heavy atom. The van der Waals surface area contributed by atoms with E-state index in [1.807, 2.05) is 18.5 Å². The fourth-order valence-electron chi connectivity index (χ4n) is 3.52. The molecule has 0 aromatic carbocycles. The molecule has 0 saturated carbocycles. The summed E-state index contributed by atoms with van der Waals surface area (Å²) in [5.74, 6) is -0.248. The standard InChI is InChI=1S/C16H22N2O3S/c1-17-7-3-4-11(10-17)15(19)18-8-5-13-12(6-9-22-13)14(18)16(20)21-2/h6,9,11,14H,3-5,7-8,10H2,1-2H3. The van der Waals surface area contributed by atoms with Gasteiger partial charge in [-0.2, -0.15) is 0 Å². The molecule has 0 radical (unpaired) electrons. The minimum Gasteiger partial charge on any atom is -0.467 e. The molecular weight excluding hydrogens is 300 g/mol. The molecule has 3 heterocycles. The number of hydrogen-bond donors (Lipinski definition) is 0. The number of likely N-dealkylation sites (tertiary alicyclic amines) is 1. The summed E-state index contributed by atoms with van der Waals surface area (Å²) in [4.78, 5) is 30.4. The minimum absolute atomic E-state index is 0.00825. The molecule has 3 rings (SSSR count). The van der Waals surface area contributed by atoms with E-state index in [1.54, 1.807) is 16.2 Å². The summed E-state index contributed by atoms with van der Waals surface area (Å²) < 4.78 is 4.97. The van der Waals surface area contributed by atoms with E-state index >= 15 is 0 Å². The molecule has 2 atom stereocenters. The normalized spacial score (nSPS) is 25.6. The van der Waals surface area contributed by atoms with Gasteiger partial charge in [0, 0.05) is 18.0 Å². The lowest BCUT2D eigenvalue weighted by Gasteiger charge is -2.38. The lowest BCUT2D eigenvalue weighted by atomic mass is 9.93. The van der Waals surface area contributed by atoms with Gasteiger partial charge in [0.2, 0.25) is 5.91 Å². The van der Waals surface area contributed by atoms with Crippen molar-refractivity contribution >= 4 is 23.2 Å². The van der Waals surface area contributed by atoms with Gasteiger partial charge in [0.15, 0.2) is 6.04 Å². The molecule has 6 heteroatoms. The maximum absolute atomic E-state index is 13.0. The van der Waals surface area contributed by atoms with Gasteiger partial charge in [-0.3, -0.25) is 4.79 Å². The van der Waals surface area contributed by atoms with E-state index in [0.29, 0.717) is 6.54 Å². The molecule has 1 aromatic rings. The monoisotopic (exact) mass is 322 g/mol. The first kappa shape index (κ1) is 15.5. The third-order valence-electron chi connectivity index (χ3n) is 4.65. The topological polar surface area (TPSA) is 49.9 Å². The first-order valence-electron chi connectivity index (χ1n) is 7.75. The smallest absolute Gasteiger partial charge is 0.333 e. The van der Waals surface area contributed by atoms with Crippen molar-refractivity contribution in [3.63, 3.8) is 0 Å². The average molecular weight is 322 g/mol. The van der Waals surface area contributed by atoms with Crippen LogP contribution in [0.4, 0.5) is 0 Å². The zero-order chi connectivity index (χ0) is 15.7. The number of fused-ring (bicyclic) bond motifs is 1. The number of carbonyl (C=O) groups excluding carboxylic acids is 2. The minimum atomic E-state index is -0.570. The van der Waals surface area contributed by atoms with Crippen LogP contribution in [0.3, 0.4) is 0 Å². The maximum Gasteiger partial charge on any atom is 0.333 e. The lowest BCUT2D eigenvalue weighted by Crippen LogP contribution is -2.49. The van der Waals surface area contributed by atoms with Gasteiger partial charge in [-0.1, -0.05) is 0 Å². The van der Waals surface area contributed by atoms with Gasteiger partial charge in [-0.05, 0) is 49.9 Å². The van der Waals surface area contributed by atoms with Crippen molar-refractivity contribution in [2.24, 2.45) is 5.92 Å². The van der Waals surface area contributed by atoms with Gasteiger partial charge in [0.25, 0.3) is 0 Å². The van der Waals surface area contributed by atoms with Crippen molar-refractivity contribution in [3.8, 4) is 0 Å². The van der Waals surface area contributed by atoms with Crippen LogP contribution in [-0.4, -0.2) is 55.5 Å². The maximum atomic E-state index is 13.0. The Morgan fingerprint density at radius 1 is 1.36 bits per heavy atom. The van der Waals surface area contributed by atoms with Crippen molar-refractivity contribution < 1.29 is 14.3 Å². The molecule has 2 aliphatic rings. The van der Waals surface area contributed by atoms with Crippen LogP contribution < -0.4 is 0 Å². The zero-order valence-electron chi connectivity index (χ0n) is 13.1. The molecule has 2 unspecified atom stereocenters. The number of carbonyl (C=O) groups is 2. The first-order valence-corrected chi connectivity index (χ1v) is 8.63. The van der Waals surface area contributed by atoms with Gasteiger partial charge in [-0.25, -0.2) is 4.79 Å². The summed E-state index contributed by atoms with van der Waals surface area (Å²) in [5, 5.41) is 1.99. The van der Waals surface area contributed by atoms with Gasteiger partial charge in [-0.15, -0.1) is 11.3 Å². The number of nitrogens with zero attached hydrogens (tertiary/aromatic N) is 2. The van der Waals surface area contributed by atoms with E-state index in [1.165, 1.54) is 12.0 Å². The van der Waals surface area contributed by atoms with Crippen LogP contribution in [0.5, 0.6) is 0 Å². The Balaban J connectivity index is 1.85. The van der Waals surface area contributed by atoms with E-state index in [2.05, 4.69) is 4.90 Å². The highest BCUT2D eigenvalue weighted by Gasteiger charge is 2.40. The average Bonchev–Trinajstić information content (AvgIpc) is 3.01. The van der Waals surface area contributed by atoms with Gasteiger partial charge in [0.05, 0.1) is 13.0 Å². The van der Waals surface area contributed by atoms with E-state index in [0.717, 1.165) is 37.9 Å². The summed E-state index contributed by atoms with van der Waals surface area (Å²) in [6, 6.07) is 1.38. The molecule has 0 spiro atoms. The highest BCUT2D eigenvalue weighted by Crippen LogP contribution is 2.35. The molecule has 0 N–H and O–H groups in total. The number of rotatable bonds is 2. The van der Waals surface area contributed by atoms with E-state index in [-0.39, 0.29) is 17.8 Å². The second-order valence-corrected chi connectivity index (χ2v) is 7.11. The predicted molar refractivity (Wildman–Crippen MR) is 84.7 cm³/mol. The SMILES string of the molecule is COC(=O)C1c2ccsc2CCN1C(=O)C1CCCN(C)C1. The third kappa shape index (κ3) is 2.77. The van der Waals surface area contributed by atoms with Crippen molar-refractivity contribution in [3.05, 3.63) is 21.9 Å². The summed E-state index contributed by atoms with van der Waals surface area (Å²) in [7, 11) is 3.43. The summed E-state index contributed by atoms with van der Waals surface area (Å²) in [6.45, 7) is 2.42. The predicted octanol–water partition coefficient (Wildman–Crippen LogP) is 1.69. The molecule has 5 nitrogen and oxygen atoms in total. The molecule has 1 amide bonds. The van der Waals surface area contributed by atoms with Crippen molar-refractivity contribution in [1.82, 2.24) is 9.80 Å². The number of thiophene rings is 1. The van der Waals surface area contributed by atoms with Crippen molar-refractivity contribution in [2.45, 2.75) is 25.3 Å². The Morgan fingerprint density at radius 3 is 2.91 bits per heavy atom. The quantitative estimate of drug-likeness (QED) is 0.778. The van der Waals surface area contributed by atoms with Gasteiger partial charge in [0.1, 0.15) is 0 Å². The molecule has 0 aliphatic carbocycles. The summed E-state index contributed by atoms with van der Waals surface area (Å²) in [6.07, 6.45) is 2.77. The Bertz CT molecular complexity index is 571. The molecule has 1 aromatic heterocycles. The van der Waals surface area contributed by atoms with Crippen LogP contribution in [-0.2, 0) is 20.7 Å². The molecule has 120 valence electrons. The molecule has 2 aliphatic heterocycles. The highest BCUT2D eigenvalue weighted by molar-refractivity contribution is 7.10. The number of ether oxygens (including phenoxy) is 1. The zero-order valence-corrected chi connectivity index (χ0v) is 13.9. The van der Waals surface area contributed by atoms with Gasteiger partial charge >= 0.3 is 5.97 Å². The van der Waals surface area contributed by atoms with E-state index in [4.69, 9.17) is 4.74 Å². The van der Waals surface area contributed by atoms with E-state index in [9.17, 15) is 9.59 Å². The number of methoxy groups -OCH3 is 1. The third-order valence-corrected chi connectivity index (χ3v) is 5.64. The van der Waals surface area contributed by atoms with Gasteiger partial charge < -0.3 is 14.5 Å².